The summed E-state index contributed by atoms with van der Waals surface area (Å²) in [5, 5.41) is 0. The summed E-state index contributed by atoms with van der Waals surface area (Å²) in [6.07, 6.45) is 0. The molecule has 2 aromatic rings. The van der Waals surface area contributed by atoms with Gasteiger partial charge in [-0.1, -0.05) is 0 Å². The second-order valence-corrected chi connectivity index (χ2v) is 3.89. The monoisotopic (exact) mass is 244 g/mol. The summed E-state index contributed by atoms with van der Waals surface area (Å²) >= 11 is 0. The van der Waals surface area contributed by atoms with E-state index in [9.17, 15) is 0 Å². The number of fused-ring (bicyclic) bond motifs is 1. The Labute approximate surface area is 104 Å². The number of nitrogens with zero attached hydrogens (tertiary/aromatic N) is 3. The summed E-state index contributed by atoms with van der Waals surface area (Å²) in [6, 6.07) is 5.60. The molecule has 0 saturated carbocycles. The first-order valence-electron chi connectivity index (χ1n) is 5.58. The Hall–Kier alpha value is -2.21. The zero-order valence-corrected chi connectivity index (χ0v) is 9.88. The molecule has 1 aliphatic rings. The smallest absolute Gasteiger partial charge is 0.231 e. The van der Waals surface area contributed by atoms with E-state index in [0.717, 1.165) is 11.3 Å². The maximum Gasteiger partial charge on any atom is 0.231 e. The van der Waals surface area contributed by atoms with Gasteiger partial charge in [0.05, 0.1) is 6.54 Å². The lowest BCUT2D eigenvalue weighted by atomic mass is 10.2. The minimum Gasteiger partial charge on any atom is -0.454 e. The number of nitrogens with two attached hydrogens (primary N) is 1. The summed E-state index contributed by atoms with van der Waals surface area (Å²) < 4.78 is 10.6. The van der Waals surface area contributed by atoms with Gasteiger partial charge in [-0.25, -0.2) is 15.0 Å². The van der Waals surface area contributed by atoms with Gasteiger partial charge in [0.2, 0.25) is 6.79 Å². The molecule has 6 nitrogen and oxygen atoms in total. The van der Waals surface area contributed by atoms with Crippen LogP contribution in [0.4, 0.5) is 0 Å². The molecule has 0 radical (unpaired) electrons. The molecule has 0 atom stereocenters. The number of hydrogen-bond acceptors (Lipinski definition) is 6. The fourth-order valence-electron chi connectivity index (χ4n) is 1.79. The van der Waals surface area contributed by atoms with Crippen molar-refractivity contribution in [2.45, 2.75) is 13.5 Å². The summed E-state index contributed by atoms with van der Waals surface area (Å²) in [7, 11) is 0. The fourth-order valence-corrected chi connectivity index (χ4v) is 1.79. The predicted octanol–water partition coefficient (Wildman–Crippen LogP) is 1.03. The molecule has 0 amide bonds. The quantitative estimate of drug-likeness (QED) is 0.849. The maximum absolute atomic E-state index is 5.56. The summed E-state index contributed by atoms with van der Waals surface area (Å²) in [4.78, 5) is 12.8. The Kier molecular flexibility index (Phi) is 2.56. The van der Waals surface area contributed by atoms with Crippen molar-refractivity contribution in [3.05, 3.63) is 29.8 Å². The second-order valence-electron chi connectivity index (χ2n) is 3.89. The minimum absolute atomic E-state index is 0.253. The zero-order valence-electron chi connectivity index (χ0n) is 9.88. The first-order valence-corrected chi connectivity index (χ1v) is 5.58. The van der Waals surface area contributed by atoms with Crippen LogP contribution in [0.15, 0.2) is 18.2 Å². The molecule has 2 N–H and O–H groups in total. The molecule has 2 heterocycles. The third-order valence-corrected chi connectivity index (χ3v) is 2.61. The molecule has 3 rings (SSSR count). The average Bonchev–Trinajstić information content (AvgIpc) is 2.85. The van der Waals surface area contributed by atoms with E-state index in [1.807, 2.05) is 25.1 Å². The molecule has 18 heavy (non-hydrogen) atoms. The molecule has 0 aliphatic carbocycles. The molecule has 0 bridgehead atoms. The van der Waals surface area contributed by atoms with Crippen molar-refractivity contribution in [1.29, 1.82) is 0 Å². The third-order valence-electron chi connectivity index (χ3n) is 2.61. The van der Waals surface area contributed by atoms with E-state index in [1.54, 1.807) is 0 Å². The van der Waals surface area contributed by atoms with Crippen LogP contribution in [0.1, 0.15) is 11.6 Å². The number of ether oxygens (including phenoxy) is 2. The Morgan fingerprint density at radius 1 is 1.17 bits per heavy atom. The van der Waals surface area contributed by atoms with Gasteiger partial charge in [-0.05, 0) is 25.1 Å². The first-order chi connectivity index (χ1) is 8.76. The first kappa shape index (κ1) is 10.9. The molecule has 1 aromatic heterocycles. The number of aryl methyl sites for hydroxylation is 1. The lowest BCUT2D eigenvalue weighted by Gasteiger charge is -2.04. The number of aromatic nitrogens is 3. The van der Waals surface area contributed by atoms with Gasteiger partial charge < -0.3 is 15.2 Å². The van der Waals surface area contributed by atoms with Gasteiger partial charge in [0.15, 0.2) is 17.3 Å². The van der Waals surface area contributed by atoms with Crippen LogP contribution >= 0.6 is 0 Å². The predicted molar refractivity (Wildman–Crippen MR) is 64.0 cm³/mol. The van der Waals surface area contributed by atoms with Crippen LogP contribution in [0.3, 0.4) is 0 Å². The number of rotatable bonds is 2. The van der Waals surface area contributed by atoms with E-state index in [2.05, 4.69) is 15.0 Å². The number of benzene rings is 1. The lowest BCUT2D eigenvalue weighted by molar-refractivity contribution is 0.174. The highest BCUT2D eigenvalue weighted by Crippen LogP contribution is 2.34. The van der Waals surface area contributed by atoms with Crippen molar-refractivity contribution in [3.8, 4) is 22.9 Å². The SMILES string of the molecule is Cc1nc(CN)nc(-c2ccc3c(c2)OCO3)n1. The van der Waals surface area contributed by atoms with E-state index in [4.69, 9.17) is 15.2 Å². The molecule has 0 spiro atoms. The van der Waals surface area contributed by atoms with Gasteiger partial charge >= 0.3 is 0 Å². The van der Waals surface area contributed by atoms with Gasteiger partial charge in [-0.2, -0.15) is 0 Å². The zero-order chi connectivity index (χ0) is 12.5. The topological polar surface area (TPSA) is 83.2 Å². The van der Waals surface area contributed by atoms with Crippen molar-refractivity contribution < 1.29 is 9.47 Å². The van der Waals surface area contributed by atoms with E-state index >= 15 is 0 Å². The fraction of sp³-hybridized carbons (Fsp3) is 0.250. The number of hydrogen-bond donors (Lipinski definition) is 1. The largest absolute Gasteiger partial charge is 0.454 e. The van der Waals surface area contributed by atoms with Crippen LogP contribution in [0.2, 0.25) is 0 Å². The molecule has 0 fully saturated rings. The second kappa shape index (κ2) is 4.23. The van der Waals surface area contributed by atoms with Crippen molar-refractivity contribution in [1.82, 2.24) is 15.0 Å². The normalized spacial score (nSPS) is 12.8. The molecule has 1 aliphatic heterocycles. The summed E-state index contributed by atoms with van der Waals surface area (Å²) in [5.74, 6) is 3.28. The van der Waals surface area contributed by atoms with E-state index < -0.39 is 0 Å². The third kappa shape index (κ3) is 1.86. The molecular weight excluding hydrogens is 232 g/mol. The van der Waals surface area contributed by atoms with Crippen molar-refractivity contribution >= 4 is 0 Å². The van der Waals surface area contributed by atoms with Gasteiger partial charge in [0, 0.05) is 5.56 Å². The molecule has 0 unspecified atom stereocenters. The van der Waals surface area contributed by atoms with Crippen LogP contribution in [-0.4, -0.2) is 21.7 Å². The Morgan fingerprint density at radius 2 is 2.00 bits per heavy atom. The van der Waals surface area contributed by atoms with Crippen LogP contribution < -0.4 is 15.2 Å². The van der Waals surface area contributed by atoms with E-state index in [-0.39, 0.29) is 6.79 Å². The highest BCUT2D eigenvalue weighted by Gasteiger charge is 2.15. The van der Waals surface area contributed by atoms with Gasteiger partial charge in [-0.3, -0.25) is 0 Å². The Morgan fingerprint density at radius 3 is 2.83 bits per heavy atom. The van der Waals surface area contributed by atoms with Crippen molar-refractivity contribution in [2.75, 3.05) is 6.79 Å². The average molecular weight is 244 g/mol. The summed E-state index contributed by atoms with van der Waals surface area (Å²) in [5.41, 5.74) is 6.42. The molecular formula is C12H12N4O2. The van der Waals surface area contributed by atoms with Gasteiger partial charge in [-0.15, -0.1) is 0 Å². The summed E-state index contributed by atoms with van der Waals surface area (Å²) in [6.45, 7) is 2.36. The highest BCUT2D eigenvalue weighted by atomic mass is 16.7. The molecule has 92 valence electrons. The van der Waals surface area contributed by atoms with E-state index in [1.165, 1.54) is 0 Å². The standard InChI is InChI=1S/C12H12N4O2/c1-7-14-11(5-13)16-12(15-7)8-2-3-9-10(4-8)18-6-17-9/h2-4H,5-6,13H2,1H3. The van der Waals surface area contributed by atoms with Crippen LogP contribution in [0.25, 0.3) is 11.4 Å². The van der Waals surface area contributed by atoms with Crippen LogP contribution in [0.5, 0.6) is 11.5 Å². The van der Waals surface area contributed by atoms with Crippen molar-refractivity contribution in [3.63, 3.8) is 0 Å². The maximum atomic E-state index is 5.56. The Balaban J connectivity index is 2.06. The Bertz CT molecular complexity index is 601. The molecule has 0 saturated heterocycles. The van der Waals surface area contributed by atoms with E-state index in [0.29, 0.717) is 29.8 Å². The minimum atomic E-state index is 0.253. The van der Waals surface area contributed by atoms with Gasteiger partial charge in [0.1, 0.15) is 11.6 Å². The van der Waals surface area contributed by atoms with Gasteiger partial charge in [0.25, 0.3) is 0 Å². The van der Waals surface area contributed by atoms with Crippen LogP contribution in [0, 0.1) is 6.92 Å². The van der Waals surface area contributed by atoms with Crippen LogP contribution in [-0.2, 0) is 6.54 Å². The van der Waals surface area contributed by atoms with Crippen molar-refractivity contribution in [2.24, 2.45) is 5.73 Å². The highest BCUT2D eigenvalue weighted by molar-refractivity contribution is 5.61. The lowest BCUT2D eigenvalue weighted by Crippen LogP contribution is -2.07. The molecule has 6 heteroatoms. The molecule has 1 aromatic carbocycles.